The van der Waals surface area contributed by atoms with Gasteiger partial charge in [0.15, 0.2) is 5.76 Å². The third-order valence-electron chi connectivity index (χ3n) is 6.70. The Hall–Kier alpha value is -3.13. The average molecular weight is 480 g/mol. The summed E-state index contributed by atoms with van der Waals surface area (Å²) >= 11 is 1.51. The number of piperidine rings is 1. The zero-order valence-electron chi connectivity index (χ0n) is 19.6. The van der Waals surface area contributed by atoms with Gasteiger partial charge in [-0.15, -0.1) is 11.3 Å². The number of furan rings is 1. The molecule has 8 heteroatoms. The van der Waals surface area contributed by atoms with Gasteiger partial charge >= 0.3 is 0 Å². The summed E-state index contributed by atoms with van der Waals surface area (Å²) in [5.41, 5.74) is 3.91. The van der Waals surface area contributed by atoms with Crippen LogP contribution in [0.15, 0.2) is 58.0 Å². The smallest absolute Gasteiger partial charge is 0.289 e. The Kier molecular flexibility index (Phi) is 5.93. The standard InChI is InChI=1S/C26H29N3O4S/c1-26(2,3)17-6-8-19(9-7-17)33-23-22(20-15-34-16-27-20)29(25(23)31)18-10-12-28(13-11-18)24(30)21-5-4-14-32-21/h4-9,14-16,18,22-23H,10-13H2,1-3H3/t22-,23-/m1/s1. The van der Waals surface area contributed by atoms with Crippen molar-refractivity contribution in [1.82, 2.24) is 14.8 Å². The molecule has 0 spiro atoms. The number of thiazole rings is 1. The molecule has 2 saturated heterocycles. The lowest BCUT2D eigenvalue weighted by atomic mass is 9.87. The minimum absolute atomic E-state index is 0.0197. The third kappa shape index (κ3) is 4.22. The second kappa shape index (κ2) is 8.91. The highest BCUT2D eigenvalue weighted by molar-refractivity contribution is 7.07. The van der Waals surface area contributed by atoms with Crippen LogP contribution in [-0.2, 0) is 10.2 Å². The molecule has 34 heavy (non-hydrogen) atoms. The number of nitrogens with zero attached hydrogens (tertiary/aromatic N) is 3. The molecule has 2 aliphatic heterocycles. The first-order valence-electron chi connectivity index (χ1n) is 11.6. The summed E-state index contributed by atoms with van der Waals surface area (Å²) < 4.78 is 11.4. The predicted molar refractivity (Wildman–Crippen MR) is 129 cm³/mol. The molecule has 0 N–H and O–H groups in total. The SMILES string of the molecule is CC(C)(C)c1ccc(O[C@H]2C(=O)N(C3CCN(C(=O)c4ccco4)CC3)[C@@H]2c2cscn2)cc1. The number of aromatic nitrogens is 1. The molecule has 0 aliphatic carbocycles. The second-order valence-electron chi connectivity index (χ2n) is 9.92. The molecule has 0 radical (unpaired) electrons. The van der Waals surface area contributed by atoms with E-state index in [0.29, 0.717) is 37.4 Å². The van der Waals surface area contributed by atoms with Gasteiger partial charge in [0, 0.05) is 24.5 Å². The molecule has 2 fully saturated rings. The maximum Gasteiger partial charge on any atom is 0.289 e. The van der Waals surface area contributed by atoms with Crippen molar-refractivity contribution in [2.75, 3.05) is 13.1 Å². The average Bonchev–Trinajstić information content (AvgIpc) is 3.55. The van der Waals surface area contributed by atoms with Crippen LogP contribution in [0.3, 0.4) is 0 Å². The van der Waals surface area contributed by atoms with Crippen LogP contribution < -0.4 is 4.74 Å². The molecular formula is C26H29N3O4S. The van der Waals surface area contributed by atoms with E-state index in [1.807, 2.05) is 22.4 Å². The van der Waals surface area contributed by atoms with Gasteiger partial charge in [0.25, 0.3) is 11.8 Å². The first-order chi connectivity index (χ1) is 16.3. The van der Waals surface area contributed by atoms with Crippen molar-refractivity contribution in [3.05, 3.63) is 70.6 Å². The number of hydrogen-bond acceptors (Lipinski definition) is 6. The van der Waals surface area contributed by atoms with Gasteiger partial charge in [-0.2, -0.15) is 0 Å². The Labute approximate surface area is 203 Å². The van der Waals surface area contributed by atoms with Crippen LogP contribution in [0.5, 0.6) is 5.75 Å². The molecule has 5 rings (SSSR count). The van der Waals surface area contributed by atoms with Crippen LogP contribution in [0.1, 0.15) is 61.5 Å². The van der Waals surface area contributed by atoms with Crippen LogP contribution in [-0.4, -0.2) is 51.8 Å². The van der Waals surface area contributed by atoms with Gasteiger partial charge in [0.1, 0.15) is 11.8 Å². The van der Waals surface area contributed by atoms with E-state index in [0.717, 1.165) is 5.69 Å². The van der Waals surface area contributed by atoms with Crippen molar-refractivity contribution < 1.29 is 18.7 Å². The van der Waals surface area contributed by atoms with Crippen molar-refractivity contribution >= 4 is 23.2 Å². The Morgan fingerprint density at radius 2 is 1.88 bits per heavy atom. The summed E-state index contributed by atoms with van der Waals surface area (Å²) in [5.74, 6) is 0.915. The number of amides is 2. The zero-order chi connectivity index (χ0) is 23.9. The van der Waals surface area contributed by atoms with Gasteiger partial charge in [-0.1, -0.05) is 32.9 Å². The van der Waals surface area contributed by atoms with Gasteiger partial charge < -0.3 is 19.0 Å². The predicted octanol–water partition coefficient (Wildman–Crippen LogP) is 4.67. The Bertz CT molecular complexity index is 1130. The van der Waals surface area contributed by atoms with E-state index in [1.54, 1.807) is 22.5 Å². The van der Waals surface area contributed by atoms with Crippen molar-refractivity contribution in [2.24, 2.45) is 0 Å². The highest BCUT2D eigenvalue weighted by Gasteiger charge is 2.54. The topological polar surface area (TPSA) is 75.9 Å². The molecule has 2 amide bonds. The molecule has 2 atom stereocenters. The van der Waals surface area contributed by atoms with E-state index in [9.17, 15) is 9.59 Å². The Morgan fingerprint density at radius 3 is 2.47 bits per heavy atom. The molecule has 0 saturated carbocycles. The first-order valence-corrected chi connectivity index (χ1v) is 12.6. The minimum Gasteiger partial charge on any atom is -0.478 e. The minimum atomic E-state index is -0.592. The zero-order valence-corrected chi connectivity index (χ0v) is 20.5. The molecular weight excluding hydrogens is 450 g/mol. The number of hydrogen-bond donors (Lipinski definition) is 0. The number of benzene rings is 1. The molecule has 2 aromatic heterocycles. The van der Waals surface area contributed by atoms with Gasteiger partial charge in [-0.05, 0) is 48.1 Å². The quantitative estimate of drug-likeness (QED) is 0.497. The lowest BCUT2D eigenvalue weighted by molar-refractivity contribution is -0.171. The first kappa shape index (κ1) is 22.7. The lowest BCUT2D eigenvalue weighted by Gasteiger charge is -2.51. The normalized spacial score (nSPS) is 21.4. The van der Waals surface area contributed by atoms with E-state index >= 15 is 0 Å². The van der Waals surface area contributed by atoms with Crippen molar-refractivity contribution in [3.8, 4) is 5.75 Å². The van der Waals surface area contributed by atoms with E-state index in [4.69, 9.17) is 9.15 Å². The molecule has 4 heterocycles. The van der Waals surface area contributed by atoms with Crippen LogP contribution in [0.2, 0.25) is 0 Å². The Morgan fingerprint density at radius 1 is 1.15 bits per heavy atom. The maximum atomic E-state index is 13.3. The van der Waals surface area contributed by atoms with Crippen molar-refractivity contribution in [1.29, 1.82) is 0 Å². The van der Waals surface area contributed by atoms with Crippen LogP contribution >= 0.6 is 11.3 Å². The van der Waals surface area contributed by atoms with Gasteiger partial charge in [-0.3, -0.25) is 9.59 Å². The fraction of sp³-hybridized carbons (Fsp3) is 0.423. The highest BCUT2D eigenvalue weighted by Crippen LogP contribution is 2.41. The lowest BCUT2D eigenvalue weighted by Crippen LogP contribution is -2.65. The Balaban J connectivity index is 1.28. The summed E-state index contributed by atoms with van der Waals surface area (Å²) in [6.07, 6.45) is 2.34. The van der Waals surface area contributed by atoms with Gasteiger partial charge in [0.05, 0.1) is 17.5 Å². The number of carbonyl (C=O) groups is 2. The third-order valence-corrected chi connectivity index (χ3v) is 7.30. The summed E-state index contributed by atoms with van der Waals surface area (Å²) in [6.45, 7) is 7.67. The van der Waals surface area contributed by atoms with E-state index in [2.05, 4.69) is 37.9 Å². The number of likely N-dealkylation sites (tertiary alicyclic amines) is 2. The monoisotopic (exact) mass is 479 g/mol. The molecule has 178 valence electrons. The van der Waals surface area contributed by atoms with Crippen LogP contribution in [0.25, 0.3) is 0 Å². The van der Waals surface area contributed by atoms with Crippen LogP contribution in [0.4, 0.5) is 0 Å². The number of rotatable bonds is 5. The molecule has 0 unspecified atom stereocenters. The van der Waals surface area contributed by atoms with Crippen molar-refractivity contribution in [3.63, 3.8) is 0 Å². The summed E-state index contributed by atoms with van der Waals surface area (Å²) in [5, 5.41) is 1.98. The van der Waals surface area contributed by atoms with Crippen LogP contribution in [0, 0.1) is 0 Å². The van der Waals surface area contributed by atoms with Gasteiger partial charge in [-0.25, -0.2) is 4.98 Å². The maximum absolute atomic E-state index is 13.3. The second-order valence-corrected chi connectivity index (χ2v) is 10.6. The van der Waals surface area contributed by atoms with E-state index < -0.39 is 6.10 Å². The van der Waals surface area contributed by atoms with E-state index in [1.165, 1.54) is 23.2 Å². The molecule has 0 bridgehead atoms. The van der Waals surface area contributed by atoms with E-state index in [-0.39, 0.29) is 29.3 Å². The summed E-state index contributed by atoms with van der Waals surface area (Å²) in [7, 11) is 0. The van der Waals surface area contributed by atoms with Gasteiger partial charge in [0.2, 0.25) is 6.10 Å². The molecule has 2 aliphatic rings. The number of carbonyl (C=O) groups excluding carboxylic acids is 2. The largest absolute Gasteiger partial charge is 0.478 e. The molecule has 7 nitrogen and oxygen atoms in total. The summed E-state index contributed by atoms with van der Waals surface area (Å²) in [6, 6.07) is 11.2. The highest BCUT2D eigenvalue weighted by atomic mass is 32.1. The summed E-state index contributed by atoms with van der Waals surface area (Å²) in [4.78, 5) is 34.1. The number of β-lactam (4-membered cyclic amide) rings is 1. The molecule has 3 aromatic rings. The fourth-order valence-corrected chi connectivity index (χ4v) is 5.34. The number of ether oxygens (including phenoxy) is 1. The van der Waals surface area contributed by atoms with Crippen molar-refractivity contribution in [2.45, 2.75) is 57.2 Å². The fourth-order valence-electron chi connectivity index (χ4n) is 4.75. The molecule has 1 aromatic carbocycles.